The summed E-state index contributed by atoms with van der Waals surface area (Å²) in [6.45, 7) is 2.25. The van der Waals surface area contributed by atoms with Crippen molar-refractivity contribution in [2.24, 2.45) is 5.92 Å². The highest BCUT2D eigenvalue weighted by Gasteiger charge is 2.20. The number of benzene rings is 1. The molecule has 1 aromatic rings. The standard InChI is InChI=1S/C14H18ClNO2/c1-9-2-5-11(6-3-9)16-14(18)10-4-7-13(17)12(15)8-10/h4,7-9,11,17H,2-3,5-6H2,1H3,(H,16,18). The maximum atomic E-state index is 12.0. The Hall–Kier alpha value is -1.22. The van der Waals surface area contributed by atoms with Crippen molar-refractivity contribution in [2.45, 2.75) is 38.6 Å². The van der Waals surface area contributed by atoms with Crippen LogP contribution in [0.15, 0.2) is 18.2 Å². The van der Waals surface area contributed by atoms with E-state index in [2.05, 4.69) is 12.2 Å². The van der Waals surface area contributed by atoms with Gasteiger partial charge in [-0.25, -0.2) is 0 Å². The topological polar surface area (TPSA) is 49.3 Å². The summed E-state index contributed by atoms with van der Waals surface area (Å²) in [7, 11) is 0. The average molecular weight is 268 g/mol. The minimum Gasteiger partial charge on any atom is -0.506 e. The number of hydrogen-bond donors (Lipinski definition) is 2. The highest BCUT2D eigenvalue weighted by molar-refractivity contribution is 6.32. The van der Waals surface area contributed by atoms with Gasteiger partial charge in [0, 0.05) is 11.6 Å². The van der Waals surface area contributed by atoms with E-state index in [-0.39, 0.29) is 22.7 Å². The van der Waals surface area contributed by atoms with E-state index < -0.39 is 0 Å². The number of nitrogens with one attached hydrogen (secondary N) is 1. The summed E-state index contributed by atoms with van der Waals surface area (Å²) < 4.78 is 0. The maximum absolute atomic E-state index is 12.0. The van der Waals surface area contributed by atoms with Gasteiger partial charge in [0.1, 0.15) is 5.75 Å². The first-order valence-corrected chi connectivity index (χ1v) is 6.73. The molecule has 0 spiro atoms. The normalized spacial score (nSPS) is 23.7. The Labute approximate surface area is 112 Å². The first-order valence-electron chi connectivity index (χ1n) is 6.35. The molecule has 2 N–H and O–H groups in total. The molecule has 0 unspecified atom stereocenters. The molecule has 1 aliphatic rings. The fourth-order valence-corrected chi connectivity index (χ4v) is 2.50. The predicted octanol–water partition coefficient (Wildman–Crippen LogP) is 3.35. The van der Waals surface area contributed by atoms with E-state index in [0.29, 0.717) is 5.56 Å². The van der Waals surface area contributed by atoms with Gasteiger partial charge in [-0.2, -0.15) is 0 Å². The molecule has 0 aromatic heterocycles. The van der Waals surface area contributed by atoms with Crippen LogP contribution in [0.1, 0.15) is 43.0 Å². The van der Waals surface area contributed by atoms with Crippen LogP contribution in [0, 0.1) is 5.92 Å². The summed E-state index contributed by atoms with van der Waals surface area (Å²) in [5.41, 5.74) is 0.497. The van der Waals surface area contributed by atoms with Crippen LogP contribution in [0.4, 0.5) is 0 Å². The Morgan fingerprint density at radius 3 is 2.61 bits per heavy atom. The molecule has 18 heavy (non-hydrogen) atoms. The van der Waals surface area contributed by atoms with Gasteiger partial charge >= 0.3 is 0 Å². The van der Waals surface area contributed by atoms with Gasteiger partial charge in [-0.15, -0.1) is 0 Å². The lowest BCUT2D eigenvalue weighted by molar-refractivity contribution is 0.0923. The van der Waals surface area contributed by atoms with Crippen molar-refractivity contribution in [1.29, 1.82) is 0 Å². The summed E-state index contributed by atoms with van der Waals surface area (Å²) >= 11 is 5.79. The van der Waals surface area contributed by atoms with Gasteiger partial charge in [-0.05, 0) is 49.8 Å². The number of phenols is 1. The van der Waals surface area contributed by atoms with E-state index >= 15 is 0 Å². The Morgan fingerprint density at radius 2 is 2.00 bits per heavy atom. The zero-order valence-corrected chi connectivity index (χ0v) is 11.2. The summed E-state index contributed by atoms with van der Waals surface area (Å²) in [5.74, 6) is 0.650. The van der Waals surface area contributed by atoms with E-state index in [4.69, 9.17) is 11.6 Å². The highest BCUT2D eigenvalue weighted by atomic mass is 35.5. The van der Waals surface area contributed by atoms with Crippen LogP contribution in [0.2, 0.25) is 5.02 Å². The lowest BCUT2D eigenvalue weighted by atomic mass is 9.87. The minimum atomic E-state index is -0.114. The molecule has 1 aromatic carbocycles. The maximum Gasteiger partial charge on any atom is 0.251 e. The lowest BCUT2D eigenvalue weighted by Crippen LogP contribution is -2.37. The second kappa shape index (κ2) is 5.61. The molecular formula is C14H18ClNO2. The van der Waals surface area contributed by atoms with Crippen molar-refractivity contribution < 1.29 is 9.90 Å². The molecule has 3 nitrogen and oxygen atoms in total. The van der Waals surface area contributed by atoms with Crippen molar-refractivity contribution in [3.05, 3.63) is 28.8 Å². The van der Waals surface area contributed by atoms with Gasteiger partial charge in [0.15, 0.2) is 0 Å². The van der Waals surface area contributed by atoms with E-state index in [1.165, 1.54) is 25.0 Å². The van der Waals surface area contributed by atoms with Gasteiger partial charge in [0.05, 0.1) is 5.02 Å². The smallest absolute Gasteiger partial charge is 0.251 e. The fraction of sp³-hybridized carbons (Fsp3) is 0.500. The van der Waals surface area contributed by atoms with Gasteiger partial charge in [0.25, 0.3) is 5.91 Å². The molecule has 1 saturated carbocycles. The first-order chi connectivity index (χ1) is 8.56. The largest absolute Gasteiger partial charge is 0.506 e. The van der Waals surface area contributed by atoms with Crippen molar-refractivity contribution in [1.82, 2.24) is 5.32 Å². The molecule has 2 rings (SSSR count). The third-order valence-electron chi connectivity index (χ3n) is 3.56. The van der Waals surface area contributed by atoms with Crippen LogP contribution >= 0.6 is 11.6 Å². The Bertz CT molecular complexity index is 439. The second-order valence-electron chi connectivity index (χ2n) is 5.10. The van der Waals surface area contributed by atoms with Crippen molar-refractivity contribution in [3.63, 3.8) is 0 Å². The number of amides is 1. The van der Waals surface area contributed by atoms with E-state index in [0.717, 1.165) is 18.8 Å². The van der Waals surface area contributed by atoms with Crippen LogP contribution in [0.25, 0.3) is 0 Å². The molecule has 0 radical (unpaired) electrons. The average Bonchev–Trinajstić information content (AvgIpc) is 2.35. The number of rotatable bonds is 2. The molecule has 1 aliphatic carbocycles. The number of aromatic hydroxyl groups is 1. The zero-order valence-electron chi connectivity index (χ0n) is 10.4. The monoisotopic (exact) mass is 267 g/mol. The highest BCUT2D eigenvalue weighted by Crippen LogP contribution is 2.25. The Balaban J connectivity index is 1.97. The molecule has 1 amide bonds. The molecule has 0 bridgehead atoms. The molecule has 1 fully saturated rings. The third kappa shape index (κ3) is 3.16. The zero-order chi connectivity index (χ0) is 13.1. The van der Waals surface area contributed by atoms with Crippen LogP contribution in [-0.2, 0) is 0 Å². The number of hydrogen-bond acceptors (Lipinski definition) is 2. The molecule has 0 aliphatic heterocycles. The third-order valence-corrected chi connectivity index (χ3v) is 3.86. The van der Waals surface area contributed by atoms with Crippen LogP contribution in [0.5, 0.6) is 5.75 Å². The Kier molecular flexibility index (Phi) is 4.12. The number of carbonyl (C=O) groups excluding carboxylic acids is 1. The Morgan fingerprint density at radius 1 is 1.33 bits per heavy atom. The first kappa shape index (κ1) is 13.2. The van der Waals surface area contributed by atoms with E-state index in [1.807, 2.05) is 0 Å². The molecule has 0 saturated heterocycles. The number of halogens is 1. The molecule has 98 valence electrons. The predicted molar refractivity (Wildman–Crippen MR) is 72.0 cm³/mol. The molecule has 0 heterocycles. The second-order valence-corrected chi connectivity index (χ2v) is 5.50. The van der Waals surface area contributed by atoms with Gasteiger partial charge in [-0.1, -0.05) is 18.5 Å². The summed E-state index contributed by atoms with van der Waals surface area (Å²) in [6.07, 6.45) is 4.42. The minimum absolute atomic E-state index is 0.000271. The van der Waals surface area contributed by atoms with E-state index in [1.54, 1.807) is 6.07 Å². The van der Waals surface area contributed by atoms with Crippen LogP contribution in [0.3, 0.4) is 0 Å². The van der Waals surface area contributed by atoms with Crippen LogP contribution in [-0.4, -0.2) is 17.1 Å². The SMILES string of the molecule is CC1CCC(NC(=O)c2ccc(O)c(Cl)c2)CC1. The van der Waals surface area contributed by atoms with E-state index in [9.17, 15) is 9.90 Å². The van der Waals surface area contributed by atoms with Crippen molar-refractivity contribution in [3.8, 4) is 5.75 Å². The number of phenolic OH excluding ortho intramolecular Hbond substituents is 1. The van der Waals surface area contributed by atoms with Crippen molar-refractivity contribution >= 4 is 17.5 Å². The van der Waals surface area contributed by atoms with Gasteiger partial charge in [0.2, 0.25) is 0 Å². The summed E-state index contributed by atoms with van der Waals surface area (Å²) in [5, 5.41) is 12.5. The summed E-state index contributed by atoms with van der Waals surface area (Å²) in [4.78, 5) is 12.0. The quantitative estimate of drug-likeness (QED) is 0.863. The molecule has 0 atom stereocenters. The summed E-state index contributed by atoms with van der Waals surface area (Å²) in [6, 6.07) is 4.79. The van der Waals surface area contributed by atoms with Gasteiger partial charge in [-0.3, -0.25) is 4.79 Å². The molecular weight excluding hydrogens is 250 g/mol. The molecule has 4 heteroatoms. The van der Waals surface area contributed by atoms with Gasteiger partial charge < -0.3 is 10.4 Å². The van der Waals surface area contributed by atoms with Crippen LogP contribution < -0.4 is 5.32 Å². The lowest BCUT2D eigenvalue weighted by Gasteiger charge is -2.26. The fourth-order valence-electron chi connectivity index (χ4n) is 2.32. The number of carbonyl (C=O) groups is 1. The van der Waals surface area contributed by atoms with Crippen molar-refractivity contribution in [2.75, 3.05) is 0 Å².